The summed E-state index contributed by atoms with van der Waals surface area (Å²) in [7, 11) is 5.10. The van der Waals surface area contributed by atoms with E-state index in [0.717, 1.165) is 12.0 Å². The molecule has 2 unspecified atom stereocenters. The monoisotopic (exact) mass is 686 g/mol. The number of methoxy groups -OCH3 is 1. The van der Waals surface area contributed by atoms with Crippen LogP contribution >= 0.6 is 11.3 Å². The lowest BCUT2D eigenvalue weighted by Gasteiger charge is -2.37. The molecule has 2 aromatic rings. The number of likely N-dealkylation sites (N-methyl/N-ethyl adjacent to an activating group) is 1. The van der Waals surface area contributed by atoms with Crippen LogP contribution in [0.5, 0.6) is 0 Å². The molecule has 12 heteroatoms. The van der Waals surface area contributed by atoms with Crippen LogP contribution < -0.4 is 10.6 Å². The fourth-order valence-electron chi connectivity index (χ4n) is 5.99. The first kappa shape index (κ1) is 40.7. The molecule has 0 aliphatic rings. The van der Waals surface area contributed by atoms with Crippen molar-refractivity contribution in [1.29, 1.82) is 0 Å². The number of nitrogens with zero attached hydrogens (tertiary/aromatic N) is 2. The predicted molar refractivity (Wildman–Crippen MR) is 187 cm³/mol. The van der Waals surface area contributed by atoms with E-state index < -0.39 is 42.1 Å². The van der Waals surface area contributed by atoms with Crippen LogP contribution in [0.4, 0.5) is 0 Å². The number of rotatable bonds is 21. The number of carboxylic acids is 1. The molecular weight excluding hydrogens is 632 g/mol. The topological polar surface area (TPSA) is 155 Å². The number of ether oxygens (including phenoxy) is 1. The molecule has 0 saturated carbocycles. The van der Waals surface area contributed by atoms with Gasteiger partial charge in [0.15, 0.2) is 11.6 Å². The molecule has 0 radical (unpaired) electrons. The molecule has 48 heavy (non-hydrogen) atoms. The van der Waals surface area contributed by atoms with Crippen molar-refractivity contribution in [3.63, 3.8) is 0 Å². The zero-order chi connectivity index (χ0) is 36.1. The zero-order valence-electron chi connectivity index (χ0n) is 29.8. The molecule has 2 rings (SSSR count). The number of nitrogens with one attached hydrogen (secondary N) is 2. The summed E-state index contributed by atoms with van der Waals surface area (Å²) in [6.07, 6.45) is 0.217. The first-order valence-electron chi connectivity index (χ1n) is 16.7. The smallest absolute Gasteiger partial charge is 0.310 e. The maximum atomic E-state index is 14.0. The third kappa shape index (κ3) is 11.6. The highest BCUT2D eigenvalue weighted by Gasteiger charge is 2.36. The second-order valence-electron chi connectivity index (χ2n) is 13.2. The zero-order valence-corrected chi connectivity index (χ0v) is 30.6. The molecule has 0 fully saturated rings. The molecule has 0 spiro atoms. The molecule has 3 N–H and O–H groups in total. The average molecular weight is 687 g/mol. The van der Waals surface area contributed by atoms with E-state index in [1.807, 2.05) is 47.6 Å². The van der Waals surface area contributed by atoms with Crippen LogP contribution in [0.2, 0.25) is 0 Å². The summed E-state index contributed by atoms with van der Waals surface area (Å²) in [5, 5.41) is 17.1. The molecule has 0 aliphatic heterocycles. The van der Waals surface area contributed by atoms with Gasteiger partial charge in [0.25, 0.3) is 5.91 Å². The first-order valence-corrected chi connectivity index (χ1v) is 17.6. The Morgan fingerprint density at radius 3 is 2.17 bits per heavy atom. The second-order valence-corrected chi connectivity index (χ2v) is 14.1. The maximum Gasteiger partial charge on any atom is 0.310 e. The van der Waals surface area contributed by atoms with Gasteiger partial charge in [0.05, 0.1) is 12.1 Å². The van der Waals surface area contributed by atoms with Gasteiger partial charge < -0.3 is 25.4 Å². The minimum atomic E-state index is -1.27. The normalized spacial score (nSPS) is 15.3. The van der Waals surface area contributed by atoms with Crippen molar-refractivity contribution in [2.24, 2.45) is 23.7 Å². The van der Waals surface area contributed by atoms with Gasteiger partial charge in [-0.25, -0.2) is 4.98 Å². The van der Waals surface area contributed by atoms with Crippen LogP contribution in [0.3, 0.4) is 0 Å². The van der Waals surface area contributed by atoms with Gasteiger partial charge in [-0.15, -0.1) is 11.3 Å². The van der Waals surface area contributed by atoms with E-state index in [4.69, 9.17) is 4.74 Å². The minimum Gasteiger partial charge on any atom is -0.481 e. The molecule has 1 aromatic heterocycles. The molecule has 0 bridgehead atoms. The molecule has 1 heterocycles. The van der Waals surface area contributed by atoms with Crippen LogP contribution in [0.25, 0.3) is 0 Å². The molecular formula is C36H54N4O7S. The highest BCUT2D eigenvalue weighted by atomic mass is 32.1. The summed E-state index contributed by atoms with van der Waals surface area (Å²) in [4.78, 5) is 70.8. The summed E-state index contributed by atoms with van der Waals surface area (Å²) in [5.41, 5.74) is 0.864. The highest BCUT2D eigenvalue weighted by molar-refractivity contribution is 7.09. The number of amides is 2. The predicted octanol–water partition coefficient (Wildman–Crippen LogP) is 4.95. The number of aliphatic carboxylic acids is 1. The van der Waals surface area contributed by atoms with E-state index in [1.54, 1.807) is 55.8 Å². The van der Waals surface area contributed by atoms with Crippen molar-refractivity contribution in [3.05, 3.63) is 52.0 Å². The lowest BCUT2D eigenvalue weighted by atomic mass is 9.82. The fourth-order valence-corrected chi connectivity index (χ4v) is 6.87. The number of carbonyl (C=O) groups is 5. The number of benzene rings is 1. The number of hydrogen-bond donors (Lipinski definition) is 3. The number of ketones is 2. The molecule has 1 aromatic carbocycles. The van der Waals surface area contributed by atoms with Gasteiger partial charge in [-0.2, -0.15) is 0 Å². The molecule has 0 aliphatic carbocycles. The van der Waals surface area contributed by atoms with E-state index in [1.165, 1.54) is 11.3 Å². The van der Waals surface area contributed by atoms with E-state index in [-0.39, 0.29) is 60.1 Å². The van der Waals surface area contributed by atoms with Crippen LogP contribution in [0.15, 0.2) is 35.7 Å². The quantitative estimate of drug-likeness (QED) is 0.155. The Balaban J connectivity index is 2.26. The summed E-state index contributed by atoms with van der Waals surface area (Å²) in [5.74, 6) is -2.84. The van der Waals surface area contributed by atoms with E-state index >= 15 is 0 Å². The summed E-state index contributed by atoms with van der Waals surface area (Å²) in [6.45, 7) is 12.1. The Kier molecular flexibility index (Phi) is 16.5. The van der Waals surface area contributed by atoms with Gasteiger partial charge in [-0.1, -0.05) is 78.3 Å². The van der Waals surface area contributed by atoms with Gasteiger partial charge >= 0.3 is 5.97 Å². The van der Waals surface area contributed by atoms with Crippen LogP contribution in [0, 0.1) is 23.7 Å². The van der Waals surface area contributed by atoms with Crippen LogP contribution in [-0.2, 0) is 30.3 Å². The van der Waals surface area contributed by atoms with Gasteiger partial charge in [0.2, 0.25) is 5.91 Å². The highest BCUT2D eigenvalue weighted by Crippen LogP contribution is 2.32. The van der Waals surface area contributed by atoms with Crippen molar-refractivity contribution < 1.29 is 33.8 Å². The molecule has 2 amide bonds. The Morgan fingerprint density at radius 1 is 1.00 bits per heavy atom. The van der Waals surface area contributed by atoms with Gasteiger partial charge in [-0.3, -0.25) is 24.0 Å². The first-order chi connectivity index (χ1) is 22.6. The van der Waals surface area contributed by atoms with E-state index in [9.17, 15) is 29.1 Å². The van der Waals surface area contributed by atoms with Crippen LogP contribution in [-0.4, -0.2) is 83.7 Å². The number of carboxylic acid groups (broad SMARTS) is 1. The Labute approximate surface area is 289 Å². The number of Topliss-reactive ketones (excluding diaryl/α,β-unsaturated/α-hetero) is 2. The fraction of sp³-hybridized carbons (Fsp3) is 0.611. The average Bonchev–Trinajstić information content (AvgIpc) is 3.53. The number of aromatic nitrogens is 1. The van der Waals surface area contributed by atoms with Gasteiger partial charge in [-0.05, 0) is 36.8 Å². The summed E-state index contributed by atoms with van der Waals surface area (Å²) < 4.78 is 5.84. The van der Waals surface area contributed by atoms with E-state index in [0.29, 0.717) is 11.4 Å². The Hall–Kier alpha value is -3.48. The lowest BCUT2D eigenvalue weighted by Crippen LogP contribution is -2.47. The van der Waals surface area contributed by atoms with Crippen molar-refractivity contribution in [2.45, 2.75) is 97.9 Å². The molecule has 11 nitrogen and oxygen atoms in total. The lowest BCUT2D eigenvalue weighted by molar-refractivity contribution is -0.142. The van der Waals surface area contributed by atoms with Crippen LogP contribution in [0.1, 0.15) is 94.4 Å². The molecule has 6 atom stereocenters. The van der Waals surface area contributed by atoms with Crippen molar-refractivity contribution in [1.82, 2.24) is 20.5 Å². The van der Waals surface area contributed by atoms with Gasteiger partial charge in [0.1, 0.15) is 23.2 Å². The van der Waals surface area contributed by atoms with Crippen molar-refractivity contribution in [3.8, 4) is 0 Å². The number of hydrogen-bond acceptors (Lipinski definition) is 9. The number of thiazole rings is 1. The maximum absolute atomic E-state index is 14.0. The third-order valence-corrected chi connectivity index (χ3v) is 10.0. The minimum absolute atomic E-state index is 0.00716. The summed E-state index contributed by atoms with van der Waals surface area (Å²) in [6, 6.07) is 7.43. The van der Waals surface area contributed by atoms with Gasteiger partial charge in [0, 0.05) is 44.3 Å². The third-order valence-electron chi connectivity index (χ3n) is 9.08. The van der Waals surface area contributed by atoms with E-state index in [2.05, 4.69) is 15.6 Å². The van der Waals surface area contributed by atoms with Crippen molar-refractivity contribution in [2.75, 3.05) is 21.2 Å². The summed E-state index contributed by atoms with van der Waals surface area (Å²) >= 11 is 1.24. The SMILES string of the molecule is CCC(C)[C@H](CC(=O)[C@@H](NC)C(C)C)C(=O)N(C)[C@H](CC(OC)c1nc(C(=O)N[C@@H](Cc2ccccc2)C(=O)CC(=O)O)cs1)C(C)C. The Morgan fingerprint density at radius 2 is 1.65 bits per heavy atom. The largest absolute Gasteiger partial charge is 0.481 e. The molecule has 0 saturated heterocycles. The van der Waals surface area contributed by atoms with Crippen molar-refractivity contribution >= 4 is 40.7 Å². The number of carbonyl (C=O) groups excluding carboxylic acids is 4. The standard InChI is InChI=1S/C36H54N4O7S/c1-10-23(6)25(17-30(42)33(37-7)22(4)5)36(46)40(8)28(21(2)3)18-31(47-9)35-39-27(20-48-35)34(45)38-26(29(41)19-32(43)44)16-24-14-12-11-13-15-24/h11-15,20-23,25-26,28,31,33,37H,10,16-19H2,1-9H3,(H,38,45)(H,43,44)/t23?,25-,26-,28+,31?,33-/m0/s1. The second kappa shape index (κ2) is 19.5. The Bertz CT molecular complexity index is 1360. The molecule has 266 valence electrons.